The summed E-state index contributed by atoms with van der Waals surface area (Å²) >= 11 is 1.58. The first kappa shape index (κ1) is 30.6. The molecule has 0 bridgehead atoms. The summed E-state index contributed by atoms with van der Waals surface area (Å²) < 4.78 is 69.5. The molecule has 2 aliphatic heterocycles. The van der Waals surface area contributed by atoms with Crippen LogP contribution < -0.4 is 5.32 Å². The number of aromatic nitrogens is 1. The fourth-order valence-corrected chi connectivity index (χ4v) is 3.83. The maximum atomic E-state index is 12.7. The Morgan fingerprint density at radius 3 is 1.97 bits per heavy atom. The van der Waals surface area contributed by atoms with Crippen molar-refractivity contribution in [3.8, 4) is 0 Å². The number of amides is 1. The first-order chi connectivity index (χ1) is 16.0. The number of carbonyl (C=O) groups is 3. The fourth-order valence-electron chi connectivity index (χ4n) is 3.02. The maximum absolute atomic E-state index is 12.7. The molecule has 16 heteroatoms. The van der Waals surface area contributed by atoms with Crippen LogP contribution in [0.25, 0.3) is 0 Å². The number of hydrogen-bond acceptors (Lipinski definition) is 7. The van der Waals surface area contributed by atoms with Crippen LogP contribution in [0, 0.1) is 0 Å². The second-order valence-corrected chi connectivity index (χ2v) is 8.73. The highest BCUT2D eigenvalue weighted by Crippen LogP contribution is 2.29. The van der Waals surface area contributed by atoms with E-state index < -0.39 is 24.3 Å². The van der Waals surface area contributed by atoms with Crippen LogP contribution in [0.5, 0.6) is 0 Å². The van der Waals surface area contributed by atoms with Gasteiger partial charge in [-0.25, -0.2) is 14.6 Å². The summed E-state index contributed by atoms with van der Waals surface area (Å²) in [6.07, 6.45) is -8.21. The number of carboxylic acids is 2. The van der Waals surface area contributed by atoms with E-state index in [1.54, 1.807) is 11.3 Å². The Kier molecular flexibility index (Phi) is 10.9. The van der Waals surface area contributed by atoms with E-state index in [1.165, 1.54) is 0 Å². The number of nitrogens with zero attached hydrogens (tertiary/aromatic N) is 2. The Morgan fingerprint density at radius 1 is 1.09 bits per heavy atom. The van der Waals surface area contributed by atoms with Crippen LogP contribution in [0.1, 0.15) is 48.1 Å². The highest BCUT2D eigenvalue weighted by Gasteiger charge is 2.40. The minimum Gasteiger partial charge on any atom is -0.475 e. The van der Waals surface area contributed by atoms with Gasteiger partial charge >= 0.3 is 24.3 Å². The average Bonchev–Trinajstić information content (AvgIpc) is 3.24. The molecule has 3 rings (SSSR count). The van der Waals surface area contributed by atoms with Gasteiger partial charge in [-0.2, -0.15) is 26.3 Å². The topological polar surface area (TPSA) is 129 Å². The average molecular weight is 537 g/mol. The third-order valence-corrected chi connectivity index (χ3v) is 5.92. The van der Waals surface area contributed by atoms with E-state index in [1.807, 2.05) is 10.3 Å². The van der Waals surface area contributed by atoms with Crippen molar-refractivity contribution in [2.75, 3.05) is 32.8 Å². The molecule has 3 N–H and O–H groups in total. The Morgan fingerprint density at radius 2 is 1.57 bits per heavy atom. The quantitative estimate of drug-likeness (QED) is 0.491. The summed E-state index contributed by atoms with van der Waals surface area (Å²) in [5, 5.41) is 20.5. The van der Waals surface area contributed by atoms with E-state index in [0.717, 1.165) is 30.9 Å². The van der Waals surface area contributed by atoms with Crippen molar-refractivity contribution in [3.05, 3.63) is 16.1 Å². The minimum atomic E-state index is -5.08. The molecule has 0 radical (unpaired) electrons. The number of rotatable bonds is 2. The van der Waals surface area contributed by atoms with Crippen molar-refractivity contribution in [1.29, 1.82) is 0 Å². The van der Waals surface area contributed by atoms with Crippen LogP contribution in [0.4, 0.5) is 26.3 Å². The predicted molar refractivity (Wildman–Crippen MR) is 110 cm³/mol. The second kappa shape index (κ2) is 12.5. The number of morpholine rings is 1. The van der Waals surface area contributed by atoms with E-state index in [-0.39, 0.29) is 11.5 Å². The molecular formula is C19H25F6N3O6S. The van der Waals surface area contributed by atoms with Crippen LogP contribution in [-0.2, 0) is 14.3 Å². The van der Waals surface area contributed by atoms with E-state index in [0.29, 0.717) is 31.3 Å². The molecule has 0 aliphatic carbocycles. The Hall–Kier alpha value is -2.46. The summed E-state index contributed by atoms with van der Waals surface area (Å²) in [5.74, 6) is -5.09. The van der Waals surface area contributed by atoms with Crippen molar-refractivity contribution in [1.82, 2.24) is 15.2 Å². The molecule has 2 aliphatic rings. The molecule has 3 heterocycles. The lowest BCUT2D eigenvalue weighted by Crippen LogP contribution is -2.57. The number of hydrogen-bond donors (Lipinski definition) is 3. The third-order valence-electron chi connectivity index (χ3n) is 4.77. The number of aliphatic carboxylic acids is 2. The lowest BCUT2D eigenvalue weighted by Gasteiger charge is -2.44. The summed E-state index contributed by atoms with van der Waals surface area (Å²) in [4.78, 5) is 36.9. The number of nitrogens with one attached hydrogen (secondary N) is 1. The first-order valence-electron chi connectivity index (χ1n) is 10.2. The number of halogens is 6. The summed E-state index contributed by atoms with van der Waals surface area (Å²) in [6.45, 7) is 8.14. The predicted octanol–water partition coefficient (Wildman–Crippen LogP) is 3.13. The van der Waals surface area contributed by atoms with Crippen molar-refractivity contribution in [2.24, 2.45) is 0 Å². The molecule has 0 saturated carbocycles. The number of thiazole rings is 1. The van der Waals surface area contributed by atoms with Gasteiger partial charge in [0.1, 0.15) is 5.69 Å². The SMILES string of the molecule is CC(C)c1nc(C(=O)N2CCOC3(CCNCC3)C2)cs1.O=C(O)C(F)(F)F.O=C(O)C(F)(F)F. The Bertz CT molecular complexity index is 838. The van der Waals surface area contributed by atoms with Crippen LogP contribution in [0.15, 0.2) is 5.38 Å². The molecule has 35 heavy (non-hydrogen) atoms. The zero-order valence-electron chi connectivity index (χ0n) is 18.7. The molecule has 0 unspecified atom stereocenters. The molecule has 200 valence electrons. The van der Waals surface area contributed by atoms with E-state index >= 15 is 0 Å². The van der Waals surface area contributed by atoms with Gasteiger partial charge < -0.3 is 25.2 Å². The van der Waals surface area contributed by atoms with Gasteiger partial charge in [-0.1, -0.05) is 13.8 Å². The van der Waals surface area contributed by atoms with Crippen LogP contribution in [0.3, 0.4) is 0 Å². The molecule has 1 aromatic rings. The molecule has 1 amide bonds. The highest BCUT2D eigenvalue weighted by atomic mass is 32.1. The molecule has 1 aromatic heterocycles. The highest BCUT2D eigenvalue weighted by molar-refractivity contribution is 7.09. The van der Waals surface area contributed by atoms with Gasteiger partial charge in [-0.05, 0) is 25.9 Å². The maximum Gasteiger partial charge on any atom is 0.490 e. The lowest BCUT2D eigenvalue weighted by molar-refractivity contribution is -0.193. The molecule has 2 saturated heterocycles. The largest absolute Gasteiger partial charge is 0.490 e. The normalized spacial score (nSPS) is 17.7. The van der Waals surface area contributed by atoms with E-state index in [9.17, 15) is 31.1 Å². The fraction of sp³-hybridized carbons (Fsp3) is 0.684. The molecule has 9 nitrogen and oxygen atoms in total. The molecule has 0 atom stereocenters. The Balaban J connectivity index is 0.000000362. The number of carboxylic acid groups (broad SMARTS) is 2. The van der Waals surface area contributed by atoms with E-state index in [4.69, 9.17) is 24.5 Å². The Labute approximate surface area is 200 Å². The van der Waals surface area contributed by atoms with Gasteiger partial charge in [-0.3, -0.25) is 4.79 Å². The lowest BCUT2D eigenvalue weighted by atomic mass is 9.90. The molecule has 1 spiro atoms. The van der Waals surface area contributed by atoms with Crippen molar-refractivity contribution < 1.29 is 55.7 Å². The smallest absolute Gasteiger partial charge is 0.475 e. The minimum absolute atomic E-state index is 0.0550. The molecule has 2 fully saturated rings. The molecule has 0 aromatic carbocycles. The number of ether oxygens (including phenoxy) is 1. The molecular weight excluding hydrogens is 512 g/mol. The number of piperidine rings is 1. The second-order valence-electron chi connectivity index (χ2n) is 7.84. The van der Waals surface area contributed by atoms with Gasteiger partial charge in [-0.15, -0.1) is 11.3 Å². The van der Waals surface area contributed by atoms with Crippen LogP contribution in [-0.4, -0.2) is 88.7 Å². The van der Waals surface area contributed by atoms with Crippen molar-refractivity contribution in [3.63, 3.8) is 0 Å². The summed E-state index contributed by atoms with van der Waals surface area (Å²) in [6, 6.07) is 0. The monoisotopic (exact) mass is 537 g/mol. The number of carbonyl (C=O) groups excluding carboxylic acids is 1. The first-order valence-corrected chi connectivity index (χ1v) is 11.1. The summed E-state index contributed by atoms with van der Waals surface area (Å²) in [5.41, 5.74) is 0.450. The zero-order chi connectivity index (χ0) is 27.0. The standard InChI is InChI=1S/C15H23N3O2S.2C2HF3O2/c1-11(2)13-17-12(9-21-13)14(19)18-7-8-20-15(10-18)3-5-16-6-4-15;2*3-2(4,5)1(6)7/h9,11,16H,3-8,10H2,1-2H3;2*(H,6,7). The van der Waals surface area contributed by atoms with Crippen LogP contribution in [0.2, 0.25) is 0 Å². The van der Waals surface area contributed by atoms with Gasteiger partial charge in [0.2, 0.25) is 0 Å². The van der Waals surface area contributed by atoms with Crippen molar-refractivity contribution in [2.45, 2.75) is 50.6 Å². The number of alkyl halides is 6. The third kappa shape index (κ3) is 9.97. The van der Waals surface area contributed by atoms with Gasteiger partial charge in [0.25, 0.3) is 5.91 Å². The van der Waals surface area contributed by atoms with Crippen LogP contribution >= 0.6 is 11.3 Å². The zero-order valence-corrected chi connectivity index (χ0v) is 19.5. The summed E-state index contributed by atoms with van der Waals surface area (Å²) in [7, 11) is 0. The van der Waals surface area contributed by atoms with Gasteiger partial charge in [0, 0.05) is 17.8 Å². The van der Waals surface area contributed by atoms with Gasteiger partial charge in [0.15, 0.2) is 0 Å². The van der Waals surface area contributed by atoms with Crippen molar-refractivity contribution >= 4 is 29.2 Å². The van der Waals surface area contributed by atoms with Gasteiger partial charge in [0.05, 0.1) is 23.8 Å². The van der Waals surface area contributed by atoms with E-state index in [2.05, 4.69) is 24.1 Å².